The molecule has 0 aromatic carbocycles. The predicted molar refractivity (Wildman–Crippen MR) is 85.7 cm³/mol. The molecule has 1 saturated heterocycles. The second-order valence-electron chi connectivity index (χ2n) is 6.39. The van der Waals surface area contributed by atoms with Gasteiger partial charge in [0.15, 0.2) is 0 Å². The first-order valence-electron chi connectivity index (χ1n) is 8.33. The van der Waals surface area contributed by atoms with E-state index in [0.29, 0.717) is 5.92 Å². The molecule has 1 aliphatic heterocycles. The zero-order valence-electron chi connectivity index (χ0n) is 14.0. The van der Waals surface area contributed by atoms with Crippen LogP contribution in [0.25, 0.3) is 0 Å². The Labute approximate surface area is 136 Å². The van der Waals surface area contributed by atoms with Crippen molar-refractivity contribution in [2.24, 2.45) is 5.92 Å². The van der Waals surface area contributed by atoms with Crippen molar-refractivity contribution in [1.82, 2.24) is 19.7 Å². The Morgan fingerprint density at radius 1 is 1.48 bits per heavy atom. The standard InChI is InChI=1S/C17H24N4O2/c1-4-14-5-6-16(23-14)15-9-12(2)7-8-20(15)17(22)13(3)21-11-18-10-19-21/h5-6,10-13,15H,4,7-9H2,1-3H3/t12-,13-,15-/m0/s1. The maximum absolute atomic E-state index is 13.0. The number of rotatable bonds is 4. The summed E-state index contributed by atoms with van der Waals surface area (Å²) in [5.41, 5.74) is 0. The van der Waals surface area contributed by atoms with E-state index in [1.165, 1.54) is 6.33 Å². The van der Waals surface area contributed by atoms with E-state index < -0.39 is 0 Å². The highest BCUT2D eigenvalue weighted by atomic mass is 16.3. The normalized spacial score (nSPS) is 23.0. The lowest BCUT2D eigenvalue weighted by Gasteiger charge is -2.38. The van der Waals surface area contributed by atoms with Crippen LogP contribution in [-0.2, 0) is 11.2 Å². The molecule has 3 heterocycles. The van der Waals surface area contributed by atoms with Gasteiger partial charge in [-0.3, -0.25) is 4.79 Å². The first-order valence-corrected chi connectivity index (χ1v) is 8.33. The van der Waals surface area contributed by atoms with Crippen LogP contribution in [0.15, 0.2) is 29.2 Å². The SMILES string of the molecule is CCc1ccc([C@@H]2C[C@@H](C)CCN2C(=O)[C@H](C)n2cncn2)o1. The molecule has 0 N–H and O–H groups in total. The lowest BCUT2D eigenvalue weighted by molar-refractivity contribution is -0.139. The predicted octanol–water partition coefficient (Wildman–Crippen LogP) is 2.99. The van der Waals surface area contributed by atoms with Crippen molar-refractivity contribution in [3.63, 3.8) is 0 Å². The number of piperidine rings is 1. The Morgan fingerprint density at radius 2 is 2.30 bits per heavy atom. The van der Waals surface area contributed by atoms with Crippen molar-refractivity contribution in [1.29, 1.82) is 0 Å². The average Bonchev–Trinajstić information content (AvgIpc) is 3.24. The molecule has 6 heteroatoms. The maximum Gasteiger partial charge on any atom is 0.247 e. The number of aryl methyl sites for hydroxylation is 1. The molecule has 124 valence electrons. The minimum absolute atomic E-state index is 0.0116. The highest BCUT2D eigenvalue weighted by Crippen LogP contribution is 2.36. The molecular weight excluding hydrogens is 292 g/mol. The van der Waals surface area contributed by atoms with Crippen LogP contribution >= 0.6 is 0 Å². The quantitative estimate of drug-likeness (QED) is 0.870. The van der Waals surface area contributed by atoms with Crippen LogP contribution in [0.1, 0.15) is 57.2 Å². The zero-order valence-corrected chi connectivity index (χ0v) is 14.0. The number of hydrogen-bond acceptors (Lipinski definition) is 4. The number of nitrogens with zero attached hydrogens (tertiary/aromatic N) is 4. The molecule has 2 aromatic heterocycles. The van der Waals surface area contributed by atoms with E-state index in [-0.39, 0.29) is 18.0 Å². The Morgan fingerprint density at radius 3 is 2.96 bits per heavy atom. The molecule has 0 radical (unpaired) electrons. The van der Waals surface area contributed by atoms with E-state index in [4.69, 9.17) is 4.42 Å². The van der Waals surface area contributed by atoms with Gasteiger partial charge in [0.25, 0.3) is 0 Å². The number of aromatic nitrogens is 3. The fraction of sp³-hybridized carbons (Fsp3) is 0.588. The smallest absolute Gasteiger partial charge is 0.247 e. The number of carbonyl (C=O) groups is 1. The number of hydrogen-bond donors (Lipinski definition) is 0. The molecule has 0 spiro atoms. The molecule has 6 nitrogen and oxygen atoms in total. The largest absolute Gasteiger partial charge is 0.464 e. The third kappa shape index (κ3) is 3.16. The first-order chi connectivity index (χ1) is 11.1. The van der Waals surface area contributed by atoms with Gasteiger partial charge in [-0.1, -0.05) is 13.8 Å². The van der Waals surface area contributed by atoms with Crippen LogP contribution in [0.5, 0.6) is 0 Å². The van der Waals surface area contributed by atoms with Crippen LogP contribution < -0.4 is 0 Å². The summed E-state index contributed by atoms with van der Waals surface area (Å²) in [6.45, 7) is 6.93. The molecule has 0 saturated carbocycles. The summed E-state index contributed by atoms with van der Waals surface area (Å²) in [4.78, 5) is 18.8. The summed E-state index contributed by atoms with van der Waals surface area (Å²) >= 11 is 0. The highest BCUT2D eigenvalue weighted by molar-refractivity contribution is 5.80. The van der Waals surface area contributed by atoms with Gasteiger partial charge in [0.2, 0.25) is 5.91 Å². The van der Waals surface area contributed by atoms with Crippen LogP contribution in [0.4, 0.5) is 0 Å². The lowest BCUT2D eigenvalue weighted by Crippen LogP contribution is -2.43. The molecule has 1 aliphatic rings. The third-order valence-corrected chi connectivity index (χ3v) is 4.70. The summed E-state index contributed by atoms with van der Waals surface area (Å²) in [6, 6.07) is 3.69. The summed E-state index contributed by atoms with van der Waals surface area (Å²) in [5.74, 6) is 2.52. The molecule has 23 heavy (non-hydrogen) atoms. The number of amides is 1. The summed E-state index contributed by atoms with van der Waals surface area (Å²) in [5, 5.41) is 4.10. The van der Waals surface area contributed by atoms with Crippen LogP contribution in [0, 0.1) is 5.92 Å². The molecule has 2 aromatic rings. The van der Waals surface area contributed by atoms with E-state index in [1.54, 1.807) is 11.0 Å². The van der Waals surface area contributed by atoms with Gasteiger partial charge in [0.05, 0.1) is 6.04 Å². The van der Waals surface area contributed by atoms with Crippen LogP contribution in [-0.4, -0.2) is 32.1 Å². The van der Waals surface area contributed by atoms with E-state index in [1.807, 2.05) is 24.0 Å². The van der Waals surface area contributed by atoms with Crippen molar-refractivity contribution < 1.29 is 9.21 Å². The topological polar surface area (TPSA) is 64.2 Å². The Balaban J connectivity index is 1.84. The van der Waals surface area contributed by atoms with Crippen molar-refractivity contribution in [2.75, 3.05) is 6.54 Å². The van der Waals surface area contributed by atoms with Crippen LogP contribution in [0.2, 0.25) is 0 Å². The fourth-order valence-electron chi connectivity index (χ4n) is 3.21. The van der Waals surface area contributed by atoms with E-state index in [9.17, 15) is 4.79 Å². The van der Waals surface area contributed by atoms with Gasteiger partial charge in [-0.05, 0) is 37.8 Å². The van der Waals surface area contributed by atoms with Gasteiger partial charge in [-0.2, -0.15) is 5.10 Å². The summed E-state index contributed by atoms with van der Waals surface area (Å²) in [6.07, 6.45) is 5.87. The molecule has 0 aliphatic carbocycles. The second-order valence-corrected chi connectivity index (χ2v) is 6.39. The first kappa shape index (κ1) is 15.8. The van der Waals surface area contributed by atoms with Crippen molar-refractivity contribution in [2.45, 2.75) is 52.1 Å². The maximum atomic E-state index is 13.0. The number of carbonyl (C=O) groups excluding carboxylic acids is 1. The van der Waals surface area contributed by atoms with E-state index >= 15 is 0 Å². The van der Waals surface area contributed by atoms with E-state index in [2.05, 4.69) is 23.9 Å². The zero-order chi connectivity index (χ0) is 16.4. The monoisotopic (exact) mass is 316 g/mol. The van der Waals surface area contributed by atoms with Crippen molar-refractivity contribution >= 4 is 5.91 Å². The molecule has 1 fully saturated rings. The van der Waals surface area contributed by atoms with Crippen molar-refractivity contribution in [3.8, 4) is 0 Å². The van der Waals surface area contributed by atoms with Gasteiger partial charge in [-0.25, -0.2) is 9.67 Å². The summed E-state index contributed by atoms with van der Waals surface area (Å²) in [7, 11) is 0. The molecule has 3 atom stereocenters. The number of likely N-dealkylation sites (tertiary alicyclic amines) is 1. The molecule has 0 unspecified atom stereocenters. The van der Waals surface area contributed by atoms with Crippen molar-refractivity contribution in [3.05, 3.63) is 36.3 Å². The molecule has 3 rings (SSSR count). The van der Waals surface area contributed by atoms with Gasteiger partial charge in [0.1, 0.15) is 30.2 Å². The van der Waals surface area contributed by atoms with Gasteiger partial charge >= 0.3 is 0 Å². The Kier molecular flexibility index (Phi) is 4.50. The van der Waals surface area contributed by atoms with Gasteiger partial charge < -0.3 is 9.32 Å². The van der Waals surface area contributed by atoms with E-state index in [0.717, 1.165) is 37.3 Å². The minimum Gasteiger partial charge on any atom is -0.464 e. The Hall–Kier alpha value is -2.11. The average molecular weight is 316 g/mol. The highest BCUT2D eigenvalue weighted by Gasteiger charge is 2.35. The van der Waals surface area contributed by atoms with Crippen LogP contribution in [0.3, 0.4) is 0 Å². The lowest BCUT2D eigenvalue weighted by atomic mass is 9.90. The minimum atomic E-state index is -0.353. The van der Waals surface area contributed by atoms with Gasteiger partial charge in [-0.15, -0.1) is 0 Å². The van der Waals surface area contributed by atoms with Gasteiger partial charge in [0, 0.05) is 13.0 Å². The Bertz CT molecular complexity index is 649. The molecular formula is C17H24N4O2. The second kappa shape index (κ2) is 6.56. The third-order valence-electron chi connectivity index (χ3n) is 4.70. The molecule has 0 bridgehead atoms. The fourth-order valence-corrected chi connectivity index (χ4v) is 3.21. The molecule has 1 amide bonds. The number of furan rings is 1. The summed E-state index contributed by atoms with van der Waals surface area (Å²) < 4.78 is 7.55.